The van der Waals surface area contributed by atoms with Crippen LogP contribution in [0.15, 0.2) is 36.1 Å². The number of carbonyl (C=O) groups is 1. The molecular formula is C15H19N5OS. The van der Waals surface area contributed by atoms with Crippen molar-refractivity contribution in [1.29, 1.82) is 0 Å². The van der Waals surface area contributed by atoms with E-state index < -0.39 is 0 Å². The van der Waals surface area contributed by atoms with Gasteiger partial charge in [-0.25, -0.2) is 9.78 Å². The Bertz CT molecular complexity index is 596. The molecule has 6 nitrogen and oxygen atoms in total. The molecule has 1 N–H and O–H groups in total. The molecule has 2 amide bonds. The van der Waals surface area contributed by atoms with Crippen molar-refractivity contribution < 1.29 is 4.79 Å². The third-order valence-corrected chi connectivity index (χ3v) is 4.61. The van der Waals surface area contributed by atoms with Crippen LogP contribution in [0, 0.1) is 0 Å². The zero-order valence-electron chi connectivity index (χ0n) is 12.5. The molecule has 1 aliphatic heterocycles. The Kier molecular flexibility index (Phi) is 4.53. The highest BCUT2D eigenvalue weighted by Gasteiger charge is 2.23. The van der Waals surface area contributed by atoms with Crippen molar-refractivity contribution in [2.75, 3.05) is 31.1 Å². The van der Waals surface area contributed by atoms with Crippen LogP contribution in [0.4, 0.5) is 9.93 Å². The van der Waals surface area contributed by atoms with Crippen LogP contribution in [0.3, 0.4) is 0 Å². The Balaban J connectivity index is 1.52. The van der Waals surface area contributed by atoms with Gasteiger partial charge >= 0.3 is 6.03 Å². The van der Waals surface area contributed by atoms with Crippen molar-refractivity contribution in [3.05, 3.63) is 41.7 Å². The van der Waals surface area contributed by atoms with Crippen molar-refractivity contribution in [3.8, 4) is 0 Å². The molecule has 0 spiro atoms. The molecule has 1 fully saturated rings. The van der Waals surface area contributed by atoms with E-state index in [9.17, 15) is 4.79 Å². The molecule has 7 heteroatoms. The molecule has 2 aromatic heterocycles. The molecule has 1 aliphatic rings. The first kappa shape index (κ1) is 14.8. The molecule has 0 bridgehead atoms. The Hall–Kier alpha value is -2.15. The summed E-state index contributed by atoms with van der Waals surface area (Å²) in [5, 5.41) is 6.04. The Morgan fingerprint density at radius 3 is 2.77 bits per heavy atom. The summed E-state index contributed by atoms with van der Waals surface area (Å²) in [6.07, 6.45) is 5.33. The van der Waals surface area contributed by atoms with Crippen LogP contribution in [0.1, 0.15) is 18.5 Å². The van der Waals surface area contributed by atoms with E-state index in [-0.39, 0.29) is 12.1 Å². The number of aromatic nitrogens is 2. The van der Waals surface area contributed by atoms with Gasteiger partial charge in [-0.05, 0) is 18.6 Å². The molecule has 116 valence electrons. The molecule has 1 saturated heterocycles. The van der Waals surface area contributed by atoms with E-state index in [1.165, 1.54) is 0 Å². The number of nitrogens with zero attached hydrogens (tertiary/aromatic N) is 4. The van der Waals surface area contributed by atoms with E-state index in [4.69, 9.17) is 0 Å². The van der Waals surface area contributed by atoms with E-state index in [2.05, 4.69) is 20.2 Å². The number of pyridine rings is 1. The van der Waals surface area contributed by atoms with Gasteiger partial charge in [0, 0.05) is 50.1 Å². The molecule has 0 aromatic carbocycles. The van der Waals surface area contributed by atoms with Gasteiger partial charge in [-0.3, -0.25) is 4.98 Å². The van der Waals surface area contributed by atoms with Crippen LogP contribution in [-0.4, -0.2) is 47.1 Å². The lowest BCUT2D eigenvalue weighted by atomic mass is 10.1. The van der Waals surface area contributed by atoms with Crippen molar-refractivity contribution in [3.63, 3.8) is 0 Å². The highest BCUT2D eigenvalue weighted by Crippen LogP contribution is 2.19. The normalized spacial score (nSPS) is 16.4. The minimum absolute atomic E-state index is 0.0184. The number of nitrogens with one attached hydrogen (secondary N) is 1. The highest BCUT2D eigenvalue weighted by molar-refractivity contribution is 7.13. The molecule has 0 aliphatic carbocycles. The van der Waals surface area contributed by atoms with Gasteiger partial charge in [0.1, 0.15) is 0 Å². The third-order valence-electron chi connectivity index (χ3n) is 3.78. The molecule has 2 aromatic rings. The molecular weight excluding hydrogens is 298 g/mol. The largest absolute Gasteiger partial charge is 0.345 e. The van der Waals surface area contributed by atoms with E-state index >= 15 is 0 Å². The molecule has 3 heterocycles. The Morgan fingerprint density at radius 2 is 2.14 bits per heavy atom. The number of urea groups is 1. The van der Waals surface area contributed by atoms with Gasteiger partial charge in [0.15, 0.2) is 5.13 Å². The van der Waals surface area contributed by atoms with Gasteiger partial charge in [-0.15, -0.1) is 11.3 Å². The van der Waals surface area contributed by atoms with Crippen LogP contribution in [0.2, 0.25) is 0 Å². The van der Waals surface area contributed by atoms with E-state index in [0.717, 1.165) is 23.8 Å². The maximum absolute atomic E-state index is 12.3. The van der Waals surface area contributed by atoms with Gasteiger partial charge in [0.05, 0.1) is 6.04 Å². The first-order chi connectivity index (χ1) is 10.7. The predicted octanol–water partition coefficient (Wildman–Crippen LogP) is 2.13. The topological polar surface area (TPSA) is 61.4 Å². The van der Waals surface area contributed by atoms with Crippen molar-refractivity contribution >= 4 is 22.5 Å². The Labute approximate surface area is 133 Å². The van der Waals surface area contributed by atoms with E-state index in [1.807, 2.05) is 35.5 Å². The Morgan fingerprint density at radius 1 is 1.32 bits per heavy atom. The van der Waals surface area contributed by atoms with E-state index in [1.54, 1.807) is 23.7 Å². The summed E-state index contributed by atoms with van der Waals surface area (Å²) in [5.41, 5.74) is 1.01. The summed E-state index contributed by atoms with van der Waals surface area (Å²) in [6.45, 7) is 5.04. The number of hydrogen-bond donors (Lipinski definition) is 1. The maximum atomic E-state index is 12.3. The highest BCUT2D eigenvalue weighted by atomic mass is 32.1. The van der Waals surface area contributed by atoms with Gasteiger partial charge in [0.2, 0.25) is 0 Å². The summed E-state index contributed by atoms with van der Waals surface area (Å²) in [4.78, 5) is 24.8. The third kappa shape index (κ3) is 3.36. The summed E-state index contributed by atoms with van der Waals surface area (Å²) in [6, 6.07) is 3.79. The monoisotopic (exact) mass is 317 g/mol. The molecule has 22 heavy (non-hydrogen) atoms. The van der Waals surface area contributed by atoms with Gasteiger partial charge < -0.3 is 15.1 Å². The number of anilines is 1. The number of carbonyl (C=O) groups excluding carboxylic acids is 1. The summed E-state index contributed by atoms with van der Waals surface area (Å²) in [7, 11) is 0. The second kappa shape index (κ2) is 6.74. The minimum atomic E-state index is -0.0433. The number of hydrogen-bond acceptors (Lipinski definition) is 5. The average molecular weight is 317 g/mol. The zero-order valence-corrected chi connectivity index (χ0v) is 13.3. The first-order valence-corrected chi connectivity index (χ1v) is 8.22. The smallest absolute Gasteiger partial charge is 0.317 e. The standard InChI is InChI=1S/C15H19N5OS/c1-12(13-3-2-4-16-11-13)18-14(21)19-6-8-20(9-7-19)15-17-5-10-22-15/h2-5,10-12H,6-9H2,1H3,(H,18,21)/t12-/m1/s1. The zero-order chi connectivity index (χ0) is 15.4. The number of amides is 2. The fraction of sp³-hybridized carbons (Fsp3) is 0.400. The van der Waals surface area contributed by atoms with Gasteiger partial charge in [-0.1, -0.05) is 6.07 Å². The quantitative estimate of drug-likeness (QED) is 0.942. The van der Waals surface area contributed by atoms with Crippen molar-refractivity contribution in [2.24, 2.45) is 0 Å². The fourth-order valence-corrected chi connectivity index (χ4v) is 3.16. The lowest BCUT2D eigenvalue weighted by Crippen LogP contribution is -2.52. The molecule has 1 atom stereocenters. The second-order valence-corrected chi connectivity index (χ2v) is 6.12. The lowest BCUT2D eigenvalue weighted by molar-refractivity contribution is 0.191. The average Bonchev–Trinajstić information content (AvgIpc) is 3.10. The van der Waals surface area contributed by atoms with Gasteiger partial charge in [-0.2, -0.15) is 0 Å². The summed E-state index contributed by atoms with van der Waals surface area (Å²) < 4.78 is 0. The predicted molar refractivity (Wildman–Crippen MR) is 87.1 cm³/mol. The fourth-order valence-electron chi connectivity index (χ4n) is 2.46. The maximum Gasteiger partial charge on any atom is 0.317 e. The van der Waals surface area contributed by atoms with Gasteiger partial charge in [0.25, 0.3) is 0 Å². The van der Waals surface area contributed by atoms with Crippen LogP contribution in [-0.2, 0) is 0 Å². The minimum Gasteiger partial charge on any atom is -0.345 e. The van der Waals surface area contributed by atoms with Crippen LogP contribution in [0.5, 0.6) is 0 Å². The van der Waals surface area contributed by atoms with E-state index in [0.29, 0.717) is 13.1 Å². The second-order valence-electron chi connectivity index (χ2n) is 5.25. The number of piperazine rings is 1. The lowest BCUT2D eigenvalue weighted by Gasteiger charge is -2.35. The number of thiazole rings is 1. The van der Waals surface area contributed by atoms with Crippen LogP contribution in [0.25, 0.3) is 0 Å². The van der Waals surface area contributed by atoms with Crippen LogP contribution < -0.4 is 10.2 Å². The van der Waals surface area contributed by atoms with Crippen molar-refractivity contribution in [2.45, 2.75) is 13.0 Å². The number of rotatable bonds is 3. The SMILES string of the molecule is C[C@@H](NC(=O)N1CCN(c2nccs2)CC1)c1cccnc1. The first-order valence-electron chi connectivity index (χ1n) is 7.34. The summed E-state index contributed by atoms with van der Waals surface area (Å²) >= 11 is 1.64. The molecule has 3 rings (SSSR count). The summed E-state index contributed by atoms with van der Waals surface area (Å²) in [5.74, 6) is 0. The molecule has 0 radical (unpaired) electrons. The van der Waals surface area contributed by atoms with Crippen LogP contribution >= 0.6 is 11.3 Å². The molecule has 0 unspecified atom stereocenters. The molecule has 0 saturated carbocycles. The van der Waals surface area contributed by atoms with Crippen molar-refractivity contribution in [1.82, 2.24) is 20.2 Å².